The summed E-state index contributed by atoms with van der Waals surface area (Å²) >= 11 is 3.49. The number of anilines is 1. The molecule has 2 nitrogen and oxygen atoms in total. The molecule has 3 heteroatoms. The Morgan fingerprint density at radius 1 is 1.11 bits per heavy atom. The maximum Gasteiger partial charge on any atom is 0.0364 e. The van der Waals surface area contributed by atoms with Gasteiger partial charge in [0.2, 0.25) is 0 Å². The summed E-state index contributed by atoms with van der Waals surface area (Å²) in [6, 6.07) is 16.7. The molecule has 0 aliphatic carbocycles. The van der Waals surface area contributed by atoms with Crippen molar-refractivity contribution in [3.8, 4) is 0 Å². The van der Waals surface area contributed by atoms with Gasteiger partial charge in [-0.2, -0.15) is 0 Å². The van der Waals surface area contributed by atoms with Crippen molar-refractivity contribution < 1.29 is 0 Å². The van der Waals surface area contributed by atoms with E-state index in [1.165, 1.54) is 16.8 Å². The first-order valence-corrected chi connectivity index (χ1v) is 7.13. The van der Waals surface area contributed by atoms with Crippen LogP contribution in [0.3, 0.4) is 0 Å². The SMILES string of the molecule is CN(C)c1cccc(C(N)Cc2cccc(Br)c2)c1. The van der Waals surface area contributed by atoms with Crippen molar-refractivity contribution >= 4 is 21.6 Å². The molecule has 100 valence electrons. The molecule has 0 saturated carbocycles. The van der Waals surface area contributed by atoms with Gasteiger partial charge in [0.25, 0.3) is 0 Å². The maximum absolute atomic E-state index is 6.31. The number of rotatable bonds is 4. The minimum atomic E-state index is 0.0224. The summed E-state index contributed by atoms with van der Waals surface area (Å²) in [7, 11) is 4.08. The van der Waals surface area contributed by atoms with Crippen molar-refractivity contribution in [3.63, 3.8) is 0 Å². The van der Waals surface area contributed by atoms with E-state index in [9.17, 15) is 0 Å². The fourth-order valence-corrected chi connectivity index (χ4v) is 2.52. The Balaban J connectivity index is 2.15. The van der Waals surface area contributed by atoms with Crippen LogP contribution in [0.1, 0.15) is 17.2 Å². The largest absolute Gasteiger partial charge is 0.378 e. The zero-order chi connectivity index (χ0) is 13.8. The fraction of sp³-hybridized carbons (Fsp3) is 0.250. The number of halogens is 1. The Morgan fingerprint density at radius 3 is 2.53 bits per heavy atom. The van der Waals surface area contributed by atoms with Gasteiger partial charge in [0.05, 0.1) is 0 Å². The highest BCUT2D eigenvalue weighted by atomic mass is 79.9. The Hall–Kier alpha value is -1.32. The summed E-state index contributed by atoms with van der Waals surface area (Å²) < 4.78 is 1.10. The number of nitrogens with two attached hydrogens (primary N) is 1. The van der Waals surface area contributed by atoms with Gasteiger partial charge < -0.3 is 10.6 Å². The van der Waals surface area contributed by atoms with Crippen LogP contribution in [0.2, 0.25) is 0 Å². The molecule has 2 aromatic rings. The van der Waals surface area contributed by atoms with E-state index in [0.29, 0.717) is 0 Å². The summed E-state index contributed by atoms with van der Waals surface area (Å²) in [6.07, 6.45) is 0.844. The topological polar surface area (TPSA) is 29.3 Å². The molecule has 0 bridgehead atoms. The molecule has 19 heavy (non-hydrogen) atoms. The third-order valence-corrected chi connectivity index (χ3v) is 3.65. The van der Waals surface area contributed by atoms with Crippen LogP contribution in [-0.4, -0.2) is 14.1 Å². The predicted molar refractivity (Wildman–Crippen MR) is 85.5 cm³/mol. The minimum absolute atomic E-state index is 0.0224. The summed E-state index contributed by atoms with van der Waals surface area (Å²) in [5.41, 5.74) is 9.91. The first-order chi connectivity index (χ1) is 9.06. The van der Waals surface area contributed by atoms with E-state index in [4.69, 9.17) is 5.73 Å². The van der Waals surface area contributed by atoms with Crippen LogP contribution in [0, 0.1) is 0 Å². The average molecular weight is 319 g/mol. The second-order valence-corrected chi connectivity index (χ2v) is 5.85. The van der Waals surface area contributed by atoms with Gasteiger partial charge in [0.1, 0.15) is 0 Å². The Bertz CT molecular complexity index is 552. The highest BCUT2D eigenvalue weighted by Crippen LogP contribution is 2.22. The second-order valence-electron chi connectivity index (χ2n) is 4.93. The van der Waals surface area contributed by atoms with Crippen LogP contribution in [0.5, 0.6) is 0 Å². The smallest absolute Gasteiger partial charge is 0.0364 e. The van der Waals surface area contributed by atoms with Crippen LogP contribution in [-0.2, 0) is 6.42 Å². The molecule has 0 aliphatic rings. The zero-order valence-electron chi connectivity index (χ0n) is 11.3. The quantitative estimate of drug-likeness (QED) is 0.930. The number of hydrogen-bond acceptors (Lipinski definition) is 2. The average Bonchev–Trinajstić information content (AvgIpc) is 2.39. The molecular formula is C16H19BrN2. The first kappa shape index (κ1) is 14.1. The van der Waals surface area contributed by atoms with E-state index in [1.54, 1.807) is 0 Å². The molecule has 0 radical (unpaired) electrons. The lowest BCUT2D eigenvalue weighted by molar-refractivity contribution is 0.721. The molecule has 0 heterocycles. The van der Waals surface area contributed by atoms with Crippen LogP contribution in [0.25, 0.3) is 0 Å². The lowest BCUT2D eigenvalue weighted by Crippen LogP contribution is -2.15. The van der Waals surface area contributed by atoms with E-state index in [1.807, 2.05) is 26.2 Å². The van der Waals surface area contributed by atoms with E-state index >= 15 is 0 Å². The van der Waals surface area contributed by atoms with Crippen molar-refractivity contribution in [2.75, 3.05) is 19.0 Å². The van der Waals surface area contributed by atoms with Gasteiger partial charge in [-0.15, -0.1) is 0 Å². The van der Waals surface area contributed by atoms with Gasteiger partial charge in [0.15, 0.2) is 0 Å². The molecule has 0 spiro atoms. The molecule has 2 N–H and O–H groups in total. The molecule has 2 rings (SSSR count). The van der Waals surface area contributed by atoms with Crippen LogP contribution < -0.4 is 10.6 Å². The molecule has 0 saturated heterocycles. The van der Waals surface area contributed by atoms with E-state index in [-0.39, 0.29) is 6.04 Å². The summed E-state index contributed by atoms with van der Waals surface area (Å²) in [6.45, 7) is 0. The van der Waals surface area contributed by atoms with Crippen molar-refractivity contribution in [3.05, 3.63) is 64.1 Å². The molecule has 0 aromatic heterocycles. The molecule has 0 amide bonds. The predicted octanol–water partition coefficient (Wildman–Crippen LogP) is 3.76. The van der Waals surface area contributed by atoms with Gasteiger partial charge in [-0.05, 0) is 41.8 Å². The summed E-state index contributed by atoms with van der Waals surface area (Å²) in [5, 5.41) is 0. The highest BCUT2D eigenvalue weighted by molar-refractivity contribution is 9.10. The lowest BCUT2D eigenvalue weighted by Gasteiger charge is -2.17. The number of benzene rings is 2. The van der Waals surface area contributed by atoms with Gasteiger partial charge in [-0.25, -0.2) is 0 Å². The van der Waals surface area contributed by atoms with Crippen molar-refractivity contribution in [2.45, 2.75) is 12.5 Å². The van der Waals surface area contributed by atoms with Crippen molar-refractivity contribution in [2.24, 2.45) is 5.73 Å². The number of hydrogen-bond donors (Lipinski definition) is 1. The third kappa shape index (κ3) is 3.82. The van der Waals surface area contributed by atoms with Crippen molar-refractivity contribution in [1.82, 2.24) is 0 Å². The standard InChI is InChI=1S/C16H19BrN2/c1-19(2)15-8-4-6-13(11-15)16(18)10-12-5-3-7-14(17)9-12/h3-9,11,16H,10,18H2,1-2H3. The van der Waals surface area contributed by atoms with Crippen molar-refractivity contribution in [1.29, 1.82) is 0 Å². The monoisotopic (exact) mass is 318 g/mol. The summed E-state index contributed by atoms with van der Waals surface area (Å²) in [4.78, 5) is 2.09. The molecule has 1 unspecified atom stereocenters. The molecular weight excluding hydrogens is 300 g/mol. The second kappa shape index (κ2) is 6.22. The van der Waals surface area contributed by atoms with Gasteiger partial charge in [0, 0.05) is 30.3 Å². The lowest BCUT2D eigenvalue weighted by atomic mass is 9.99. The zero-order valence-corrected chi connectivity index (χ0v) is 12.9. The number of nitrogens with zero attached hydrogens (tertiary/aromatic N) is 1. The van der Waals surface area contributed by atoms with Gasteiger partial charge in [-0.3, -0.25) is 0 Å². The first-order valence-electron chi connectivity index (χ1n) is 6.33. The van der Waals surface area contributed by atoms with E-state index in [2.05, 4.69) is 57.2 Å². The highest BCUT2D eigenvalue weighted by Gasteiger charge is 2.08. The Labute approximate surface area is 123 Å². The van der Waals surface area contributed by atoms with Crippen LogP contribution >= 0.6 is 15.9 Å². The van der Waals surface area contributed by atoms with Gasteiger partial charge in [-0.1, -0.05) is 40.2 Å². The van der Waals surface area contributed by atoms with Gasteiger partial charge >= 0.3 is 0 Å². The van der Waals surface area contributed by atoms with E-state index < -0.39 is 0 Å². The Morgan fingerprint density at radius 2 is 1.84 bits per heavy atom. The molecule has 2 aromatic carbocycles. The molecule has 0 fully saturated rings. The van der Waals surface area contributed by atoms with E-state index in [0.717, 1.165) is 10.9 Å². The molecule has 0 aliphatic heterocycles. The molecule has 1 atom stereocenters. The van der Waals surface area contributed by atoms with Crippen LogP contribution in [0.4, 0.5) is 5.69 Å². The Kier molecular flexibility index (Phi) is 4.61. The normalized spacial score (nSPS) is 12.2. The maximum atomic E-state index is 6.31. The summed E-state index contributed by atoms with van der Waals surface area (Å²) in [5.74, 6) is 0. The third-order valence-electron chi connectivity index (χ3n) is 3.16. The minimum Gasteiger partial charge on any atom is -0.378 e. The fourth-order valence-electron chi connectivity index (χ4n) is 2.07. The van der Waals surface area contributed by atoms with Crippen LogP contribution in [0.15, 0.2) is 53.0 Å².